The second-order valence-corrected chi connectivity index (χ2v) is 10.4. The van der Waals surface area contributed by atoms with E-state index in [1.807, 2.05) is 36.4 Å². The molecule has 186 valence electrons. The highest BCUT2D eigenvalue weighted by atomic mass is 79.9. The van der Waals surface area contributed by atoms with Crippen LogP contribution >= 0.6 is 15.9 Å². The molecule has 1 heterocycles. The molecule has 3 N–H and O–H groups in total. The summed E-state index contributed by atoms with van der Waals surface area (Å²) in [5, 5.41) is 12.0. The summed E-state index contributed by atoms with van der Waals surface area (Å²) in [5.41, 5.74) is 12.8. The third-order valence-corrected chi connectivity index (χ3v) is 6.92. The van der Waals surface area contributed by atoms with Crippen molar-refractivity contribution < 1.29 is 14.3 Å². The van der Waals surface area contributed by atoms with E-state index in [-0.39, 0.29) is 17.0 Å². The lowest BCUT2D eigenvalue weighted by Crippen LogP contribution is -2.44. The van der Waals surface area contributed by atoms with Gasteiger partial charge in [0, 0.05) is 12.0 Å². The number of hydrogen-bond donors (Lipinski definition) is 2. The third-order valence-electron chi connectivity index (χ3n) is 6.33. The largest absolute Gasteiger partial charge is 0.493 e. The van der Waals surface area contributed by atoms with Crippen molar-refractivity contribution in [1.82, 2.24) is 5.01 Å². The van der Waals surface area contributed by atoms with Crippen LogP contribution in [0.1, 0.15) is 38.2 Å². The Kier molecular flexibility index (Phi) is 7.14. The van der Waals surface area contributed by atoms with E-state index in [1.165, 1.54) is 0 Å². The van der Waals surface area contributed by atoms with E-state index in [1.54, 1.807) is 24.3 Å². The van der Waals surface area contributed by atoms with E-state index >= 15 is 0 Å². The topological polar surface area (TPSA) is 101 Å². The van der Waals surface area contributed by atoms with Crippen LogP contribution in [0, 0.1) is 16.7 Å². The first-order valence-corrected chi connectivity index (χ1v) is 12.4. The number of hydrazine groups is 1. The van der Waals surface area contributed by atoms with Gasteiger partial charge in [-0.05, 0) is 57.6 Å². The molecule has 36 heavy (non-hydrogen) atoms. The van der Waals surface area contributed by atoms with Gasteiger partial charge in [0.15, 0.2) is 17.3 Å². The first-order valence-electron chi connectivity index (χ1n) is 11.6. The molecule has 1 aliphatic carbocycles. The zero-order valence-electron chi connectivity index (χ0n) is 20.6. The van der Waals surface area contributed by atoms with Crippen molar-refractivity contribution in [1.29, 1.82) is 5.26 Å². The zero-order valence-corrected chi connectivity index (χ0v) is 22.2. The summed E-state index contributed by atoms with van der Waals surface area (Å²) in [7, 11) is 1.55. The van der Waals surface area contributed by atoms with Crippen molar-refractivity contribution in [3.63, 3.8) is 0 Å². The number of hydrogen-bond acceptors (Lipinski definition) is 7. The molecular weight excluding hydrogens is 520 g/mol. The van der Waals surface area contributed by atoms with Crippen molar-refractivity contribution in [2.24, 2.45) is 11.1 Å². The highest BCUT2D eigenvalue weighted by molar-refractivity contribution is 9.10. The van der Waals surface area contributed by atoms with Crippen LogP contribution in [-0.2, 0) is 4.79 Å². The quantitative estimate of drug-likeness (QED) is 0.422. The predicted octanol–water partition coefficient (Wildman–Crippen LogP) is 5.79. The minimum atomic E-state index is -0.638. The number of nitriles is 1. The Balaban J connectivity index is 1.91. The van der Waals surface area contributed by atoms with Gasteiger partial charge in [0.25, 0.3) is 0 Å². The van der Waals surface area contributed by atoms with Gasteiger partial charge in [-0.2, -0.15) is 5.26 Å². The molecule has 4 rings (SSSR count). The number of Topliss-reactive ketones (excluding diaryl/α,β-unsaturated/α-hetero) is 1. The maximum absolute atomic E-state index is 13.7. The van der Waals surface area contributed by atoms with Crippen LogP contribution < -0.4 is 20.6 Å². The molecule has 0 radical (unpaired) electrons. The monoisotopic (exact) mass is 548 g/mol. The second-order valence-electron chi connectivity index (χ2n) is 9.59. The lowest BCUT2D eigenvalue weighted by molar-refractivity contribution is -0.118. The fraction of sp³-hybridized carbons (Fsp3) is 0.286. The third kappa shape index (κ3) is 4.71. The normalized spacial score (nSPS) is 18.9. The number of allylic oxidation sites excluding steroid dienone is 3. The number of ether oxygens (including phenoxy) is 2. The number of ketones is 1. The fourth-order valence-corrected chi connectivity index (χ4v) is 5.37. The number of nitrogens with one attached hydrogen (secondary N) is 1. The summed E-state index contributed by atoms with van der Waals surface area (Å²) in [5.74, 6) is 0.616. The molecule has 2 aromatic carbocycles. The van der Waals surface area contributed by atoms with Gasteiger partial charge < -0.3 is 15.2 Å². The molecule has 0 saturated heterocycles. The van der Waals surface area contributed by atoms with Crippen LogP contribution in [0.25, 0.3) is 0 Å². The number of para-hydroxylation sites is 1. The van der Waals surface area contributed by atoms with Gasteiger partial charge in [-0.1, -0.05) is 44.7 Å². The summed E-state index contributed by atoms with van der Waals surface area (Å²) in [6.07, 6.45) is 2.63. The number of carbonyl (C=O) groups excluding carboxylic acids is 1. The summed E-state index contributed by atoms with van der Waals surface area (Å²) in [4.78, 5) is 13.7. The van der Waals surface area contributed by atoms with E-state index < -0.39 is 5.92 Å². The average Bonchev–Trinajstić information content (AvgIpc) is 2.84. The Morgan fingerprint density at radius 3 is 2.67 bits per heavy atom. The van der Waals surface area contributed by atoms with Crippen LogP contribution in [0.2, 0.25) is 0 Å². The molecule has 2 aromatic rings. The van der Waals surface area contributed by atoms with Gasteiger partial charge in [0.1, 0.15) is 12.4 Å². The SMILES string of the molecule is C=CCOc1c(Br)cc(C2C(C#N)=C(N)N(Nc3ccccc3)C3=C2C(=O)CC(C)(C)C3)cc1OC. The standard InChI is InChI=1S/C28H29BrN4O3/c1-5-11-36-26-20(29)12-17(13-23(26)35-4)24-19(16-30)27(31)33(32-18-9-7-6-8-10-18)21-14-28(2,3)15-22(34)25(21)24/h5-10,12-13,24,32H,1,11,14-15,31H2,2-4H3. The van der Waals surface area contributed by atoms with Crippen molar-refractivity contribution in [3.8, 4) is 17.6 Å². The highest BCUT2D eigenvalue weighted by Crippen LogP contribution is 2.50. The molecular formula is C28H29BrN4O3. The maximum atomic E-state index is 13.7. The molecule has 1 atom stereocenters. The number of nitrogens with two attached hydrogens (primary N) is 1. The predicted molar refractivity (Wildman–Crippen MR) is 143 cm³/mol. The molecule has 1 aliphatic heterocycles. The van der Waals surface area contributed by atoms with Crippen LogP contribution in [-0.4, -0.2) is 24.5 Å². The highest BCUT2D eigenvalue weighted by Gasteiger charge is 2.45. The van der Waals surface area contributed by atoms with Gasteiger partial charge >= 0.3 is 0 Å². The summed E-state index contributed by atoms with van der Waals surface area (Å²) >= 11 is 3.58. The lowest BCUT2D eigenvalue weighted by Gasteiger charge is -2.43. The number of anilines is 1. The van der Waals surface area contributed by atoms with Gasteiger partial charge in [-0.3, -0.25) is 10.2 Å². The summed E-state index contributed by atoms with van der Waals surface area (Å²) in [6.45, 7) is 8.12. The van der Waals surface area contributed by atoms with Crippen molar-refractivity contribution in [2.75, 3.05) is 19.1 Å². The van der Waals surface area contributed by atoms with Gasteiger partial charge in [0.2, 0.25) is 0 Å². The minimum Gasteiger partial charge on any atom is -0.493 e. The Hall–Kier alpha value is -3.70. The second kappa shape index (κ2) is 10.1. The number of methoxy groups -OCH3 is 1. The lowest BCUT2D eigenvalue weighted by atomic mass is 9.69. The zero-order chi connectivity index (χ0) is 26.0. The van der Waals surface area contributed by atoms with Gasteiger partial charge in [0.05, 0.1) is 40.5 Å². The number of benzene rings is 2. The van der Waals surface area contributed by atoms with Crippen LogP contribution in [0.5, 0.6) is 11.5 Å². The molecule has 0 spiro atoms. The van der Waals surface area contributed by atoms with Gasteiger partial charge in [-0.25, -0.2) is 5.01 Å². The van der Waals surface area contributed by atoms with E-state index in [0.29, 0.717) is 52.1 Å². The fourth-order valence-electron chi connectivity index (χ4n) is 4.80. The number of halogens is 1. The van der Waals surface area contributed by atoms with E-state index in [2.05, 4.69) is 47.9 Å². The number of nitrogens with zero attached hydrogens (tertiary/aromatic N) is 2. The molecule has 0 amide bonds. The first kappa shape index (κ1) is 25.4. The first-order chi connectivity index (χ1) is 17.2. The summed E-state index contributed by atoms with van der Waals surface area (Å²) < 4.78 is 12.0. The Bertz CT molecular complexity index is 1310. The van der Waals surface area contributed by atoms with Crippen molar-refractivity contribution >= 4 is 27.4 Å². The van der Waals surface area contributed by atoms with Crippen molar-refractivity contribution in [2.45, 2.75) is 32.6 Å². The number of carbonyl (C=O) groups is 1. The minimum absolute atomic E-state index is 0.00608. The molecule has 8 heteroatoms. The molecule has 0 saturated carbocycles. The van der Waals surface area contributed by atoms with E-state index in [0.717, 1.165) is 11.4 Å². The van der Waals surface area contributed by atoms with Crippen molar-refractivity contribution in [3.05, 3.63) is 87.8 Å². The van der Waals surface area contributed by atoms with Crippen LogP contribution in [0.3, 0.4) is 0 Å². The Morgan fingerprint density at radius 2 is 2.03 bits per heavy atom. The van der Waals surface area contributed by atoms with Crippen LogP contribution in [0.15, 0.2) is 82.3 Å². The Labute approximate surface area is 220 Å². The molecule has 0 fully saturated rings. The molecule has 1 unspecified atom stereocenters. The average molecular weight is 549 g/mol. The number of rotatable bonds is 7. The van der Waals surface area contributed by atoms with E-state index in [9.17, 15) is 10.1 Å². The molecule has 0 bridgehead atoms. The maximum Gasteiger partial charge on any atom is 0.175 e. The molecule has 2 aliphatic rings. The van der Waals surface area contributed by atoms with E-state index in [4.69, 9.17) is 15.2 Å². The molecule has 0 aromatic heterocycles. The Morgan fingerprint density at radius 1 is 1.31 bits per heavy atom. The van der Waals surface area contributed by atoms with Crippen LogP contribution in [0.4, 0.5) is 5.69 Å². The van der Waals surface area contributed by atoms with Gasteiger partial charge in [-0.15, -0.1) is 0 Å². The molecule has 7 nitrogen and oxygen atoms in total. The smallest absolute Gasteiger partial charge is 0.175 e. The summed E-state index contributed by atoms with van der Waals surface area (Å²) in [6, 6.07) is 15.5.